The first-order valence-corrected chi connectivity index (χ1v) is 4.97. The number of nitrogens with zero attached hydrogens (tertiary/aromatic N) is 1. The molecule has 3 nitrogen and oxygen atoms in total. The molecule has 0 spiro atoms. The van der Waals surface area contributed by atoms with Gasteiger partial charge in [0.2, 0.25) is 0 Å². The van der Waals surface area contributed by atoms with Crippen LogP contribution in [0.4, 0.5) is 4.39 Å². The Kier molecular flexibility index (Phi) is 2.90. The molecule has 2 rings (SSSR count). The second-order valence-electron chi connectivity index (χ2n) is 3.55. The van der Waals surface area contributed by atoms with E-state index in [4.69, 9.17) is 9.26 Å². The largest absolute Gasteiger partial charge is 0.489 e. The van der Waals surface area contributed by atoms with Gasteiger partial charge in [-0.15, -0.1) is 0 Å². The van der Waals surface area contributed by atoms with E-state index in [1.807, 2.05) is 13.8 Å². The third kappa shape index (κ3) is 2.21. The van der Waals surface area contributed by atoms with Crippen LogP contribution in [0.25, 0.3) is 0 Å². The number of rotatable bonds is 3. The summed E-state index contributed by atoms with van der Waals surface area (Å²) in [5.74, 6) is 1.10. The first-order chi connectivity index (χ1) is 7.66. The van der Waals surface area contributed by atoms with Crippen LogP contribution in [0, 0.1) is 19.7 Å². The van der Waals surface area contributed by atoms with E-state index >= 15 is 0 Å². The minimum absolute atomic E-state index is 0.273. The van der Waals surface area contributed by atoms with Crippen molar-refractivity contribution < 1.29 is 13.7 Å². The van der Waals surface area contributed by atoms with Crippen molar-refractivity contribution in [2.45, 2.75) is 20.5 Å². The van der Waals surface area contributed by atoms with Crippen molar-refractivity contribution in [3.63, 3.8) is 0 Å². The summed E-state index contributed by atoms with van der Waals surface area (Å²) in [5, 5.41) is 3.83. The summed E-state index contributed by atoms with van der Waals surface area (Å²) in [7, 11) is 0. The molecule has 0 aliphatic carbocycles. The fourth-order valence-corrected chi connectivity index (χ4v) is 1.39. The summed E-state index contributed by atoms with van der Waals surface area (Å²) in [4.78, 5) is 0. The van der Waals surface area contributed by atoms with E-state index in [2.05, 4.69) is 5.16 Å². The molecule has 16 heavy (non-hydrogen) atoms. The fourth-order valence-electron chi connectivity index (χ4n) is 1.39. The van der Waals surface area contributed by atoms with E-state index in [-0.39, 0.29) is 5.82 Å². The minimum atomic E-state index is -0.273. The number of halogens is 1. The average molecular weight is 221 g/mol. The molecule has 0 N–H and O–H groups in total. The highest BCUT2D eigenvalue weighted by molar-refractivity contribution is 5.24. The number of ether oxygens (including phenoxy) is 1. The van der Waals surface area contributed by atoms with Crippen molar-refractivity contribution >= 4 is 0 Å². The Morgan fingerprint density at radius 3 is 2.50 bits per heavy atom. The molecule has 0 saturated carbocycles. The third-order valence-corrected chi connectivity index (χ3v) is 2.38. The van der Waals surface area contributed by atoms with Gasteiger partial charge in [-0.3, -0.25) is 0 Å². The molecule has 1 heterocycles. The van der Waals surface area contributed by atoms with E-state index in [0.717, 1.165) is 17.0 Å². The predicted octanol–water partition coefficient (Wildman–Crippen LogP) is 3.01. The highest BCUT2D eigenvalue weighted by atomic mass is 19.1. The maximum absolute atomic E-state index is 12.6. The molecule has 0 radical (unpaired) electrons. The summed E-state index contributed by atoms with van der Waals surface area (Å²) in [5.41, 5.74) is 1.75. The molecule has 4 heteroatoms. The number of aromatic nitrogens is 1. The second kappa shape index (κ2) is 4.35. The molecule has 0 aliphatic heterocycles. The number of hydrogen-bond donors (Lipinski definition) is 0. The van der Waals surface area contributed by atoms with E-state index < -0.39 is 0 Å². The van der Waals surface area contributed by atoms with Crippen LogP contribution in [-0.4, -0.2) is 5.16 Å². The molecule has 0 amide bonds. The fraction of sp³-hybridized carbons (Fsp3) is 0.250. The van der Waals surface area contributed by atoms with Crippen molar-refractivity contribution in [1.82, 2.24) is 5.16 Å². The molecule has 0 saturated heterocycles. The summed E-state index contributed by atoms with van der Waals surface area (Å²) in [6, 6.07) is 5.91. The maximum Gasteiger partial charge on any atom is 0.140 e. The van der Waals surface area contributed by atoms with Gasteiger partial charge in [-0.1, -0.05) is 5.16 Å². The Morgan fingerprint density at radius 1 is 1.25 bits per heavy atom. The molecule has 1 aromatic carbocycles. The van der Waals surface area contributed by atoms with E-state index in [0.29, 0.717) is 12.4 Å². The Balaban J connectivity index is 2.05. The third-order valence-electron chi connectivity index (χ3n) is 2.38. The van der Waals surface area contributed by atoms with E-state index in [1.165, 1.54) is 12.1 Å². The van der Waals surface area contributed by atoms with Gasteiger partial charge < -0.3 is 9.26 Å². The van der Waals surface area contributed by atoms with Crippen molar-refractivity contribution in [1.29, 1.82) is 0 Å². The Bertz CT molecular complexity index is 457. The smallest absolute Gasteiger partial charge is 0.140 e. The molecule has 84 valence electrons. The van der Waals surface area contributed by atoms with E-state index in [9.17, 15) is 4.39 Å². The summed E-state index contributed by atoms with van der Waals surface area (Å²) in [6.45, 7) is 4.08. The van der Waals surface area contributed by atoms with Crippen LogP contribution in [0.3, 0.4) is 0 Å². The number of benzene rings is 1. The SMILES string of the molecule is Cc1noc(C)c1COc1ccc(F)cc1. The first kappa shape index (κ1) is 10.7. The van der Waals surface area contributed by atoms with Crippen LogP contribution >= 0.6 is 0 Å². The summed E-state index contributed by atoms with van der Waals surface area (Å²) in [6.07, 6.45) is 0. The van der Waals surface area contributed by atoms with Gasteiger partial charge in [0.05, 0.1) is 11.3 Å². The van der Waals surface area contributed by atoms with Gasteiger partial charge >= 0.3 is 0 Å². The zero-order chi connectivity index (χ0) is 11.5. The van der Waals surface area contributed by atoms with Gasteiger partial charge in [0.15, 0.2) is 0 Å². The first-order valence-electron chi connectivity index (χ1n) is 4.97. The van der Waals surface area contributed by atoms with Gasteiger partial charge in [-0.2, -0.15) is 0 Å². The lowest BCUT2D eigenvalue weighted by Gasteiger charge is -2.05. The van der Waals surface area contributed by atoms with Gasteiger partial charge in [-0.25, -0.2) is 4.39 Å². The highest BCUT2D eigenvalue weighted by Gasteiger charge is 2.09. The molecule has 0 unspecified atom stereocenters. The van der Waals surface area contributed by atoms with Gasteiger partial charge in [0.1, 0.15) is 23.9 Å². The standard InChI is InChI=1S/C12H12FNO2/c1-8-12(9(2)16-14-8)7-15-11-5-3-10(13)4-6-11/h3-6H,7H2,1-2H3. The monoisotopic (exact) mass is 221 g/mol. The van der Waals surface area contributed by atoms with Crippen LogP contribution in [-0.2, 0) is 6.61 Å². The van der Waals surface area contributed by atoms with Crippen molar-refractivity contribution in [3.8, 4) is 5.75 Å². The number of hydrogen-bond acceptors (Lipinski definition) is 3. The zero-order valence-corrected chi connectivity index (χ0v) is 9.16. The Hall–Kier alpha value is -1.84. The summed E-state index contributed by atoms with van der Waals surface area (Å²) >= 11 is 0. The molecular weight excluding hydrogens is 209 g/mol. The lowest BCUT2D eigenvalue weighted by molar-refractivity contribution is 0.301. The van der Waals surface area contributed by atoms with Crippen molar-refractivity contribution in [3.05, 3.63) is 47.1 Å². The normalized spacial score (nSPS) is 10.4. The quantitative estimate of drug-likeness (QED) is 0.799. The van der Waals surface area contributed by atoms with Crippen LogP contribution in [0.5, 0.6) is 5.75 Å². The van der Waals surface area contributed by atoms with Crippen LogP contribution in [0.1, 0.15) is 17.0 Å². The van der Waals surface area contributed by atoms with E-state index in [1.54, 1.807) is 12.1 Å². The van der Waals surface area contributed by atoms with Crippen LogP contribution in [0.2, 0.25) is 0 Å². The minimum Gasteiger partial charge on any atom is -0.489 e. The molecule has 0 atom stereocenters. The topological polar surface area (TPSA) is 35.3 Å². The second-order valence-corrected chi connectivity index (χ2v) is 3.55. The van der Waals surface area contributed by atoms with Crippen LogP contribution < -0.4 is 4.74 Å². The molecule has 0 bridgehead atoms. The zero-order valence-electron chi connectivity index (χ0n) is 9.16. The predicted molar refractivity (Wildman–Crippen MR) is 56.7 cm³/mol. The molecule has 2 aromatic rings. The van der Waals surface area contributed by atoms with Crippen molar-refractivity contribution in [2.24, 2.45) is 0 Å². The Morgan fingerprint density at radius 2 is 1.94 bits per heavy atom. The Labute approximate surface area is 92.8 Å². The molecular formula is C12H12FNO2. The summed E-state index contributed by atoms with van der Waals surface area (Å²) < 4.78 is 23.2. The van der Waals surface area contributed by atoms with Crippen LogP contribution in [0.15, 0.2) is 28.8 Å². The van der Waals surface area contributed by atoms with Crippen molar-refractivity contribution in [2.75, 3.05) is 0 Å². The van der Waals surface area contributed by atoms with Gasteiger partial charge in [0, 0.05) is 0 Å². The highest BCUT2D eigenvalue weighted by Crippen LogP contribution is 2.17. The lowest BCUT2D eigenvalue weighted by atomic mass is 10.2. The number of aryl methyl sites for hydroxylation is 2. The molecule has 0 fully saturated rings. The van der Waals surface area contributed by atoms with Gasteiger partial charge in [-0.05, 0) is 38.1 Å². The maximum atomic E-state index is 12.6. The molecule has 0 aliphatic rings. The lowest BCUT2D eigenvalue weighted by Crippen LogP contribution is -1.97. The van der Waals surface area contributed by atoms with Gasteiger partial charge in [0.25, 0.3) is 0 Å². The molecule has 1 aromatic heterocycles. The average Bonchev–Trinajstić information content (AvgIpc) is 2.59.